The van der Waals surface area contributed by atoms with Crippen LogP contribution in [0.2, 0.25) is 5.02 Å². The number of ether oxygens (including phenoxy) is 1. The zero-order valence-corrected chi connectivity index (χ0v) is 24.5. The molecule has 8 heteroatoms. The van der Waals surface area contributed by atoms with Crippen molar-refractivity contribution in [2.75, 3.05) is 5.32 Å². The van der Waals surface area contributed by atoms with Crippen LogP contribution in [0.4, 0.5) is 5.69 Å². The SMILES string of the molecule is Cc1ccc(C)c(-n2c(=C(C#N)C(=O)Nc3ccccc3Cl)sc(=Cc3cccc(OCc4ccccc4)c3)c2=O)c1. The number of hydrogen-bond acceptors (Lipinski definition) is 5. The van der Waals surface area contributed by atoms with Crippen LogP contribution in [0, 0.1) is 25.2 Å². The van der Waals surface area contributed by atoms with Crippen molar-refractivity contribution in [2.24, 2.45) is 0 Å². The van der Waals surface area contributed by atoms with E-state index in [9.17, 15) is 14.9 Å². The van der Waals surface area contributed by atoms with Gasteiger partial charge in [-0.15, -0.1) is 11.3 Å². The molecule has 0 bridgehead atoms. The lowest BCUT2D eigenvalue weighted by molar-refractivity contribution is -0.111. The molecule has 0 aliphatic carbocycles. The summed E-state index contributed by atoms with van der Waals surface area (Å²) in [6.07, 6.45) is 1.74. The number of halogens is 1. The van der Waals surface area contributed by atoms with Crippen molar-refractivity contribution in [1.82, 2.24) is 4.57 Å². The third-order valence-corrected chi connectivity index (χ3v) is 7.93. The van der Waals surface area contributed by atoms with E-state index in [4.69, 9.17) is 16.3 Å². The molecule has 1 amide bonds. The molecule has 0 unspecified atom stereocenters. The lowest BCUT2D eigenvalue weighted by Crippen LogP contribution is -2.32. The van der Waals surface area contributed by atoms with Crippen molar-refractivity contribution in [3.8, 4) is 17.5 Å². The molecule has 6 nitrogen and oxygen atoms in total. The molecule has 5 aromatic rings. The number of nitrogens with one attached hydrogen (secondary N) is 1. The lowest BCUT2D eigenvalue weighted by atomic mass is 10.1. The second-order valence-corrected chi connectivity index (χ2v) is 11.1. The minimum absolute atomic E-state index is 0.197. The fraction of sp³-hybridized carbons (Fsp3) is 0.0882. The van der Waals surface area contributed by atoms with Gasteiger partial charge in [0.05, 0.1) is 20.9 Å². The normalized spacial score (nSPS) is 12.0. The third kappa shape index (κ3) is 6.36. The van der Waals surface area contributed by atoms with Gasteiger partial charge in [0.25, 0.3) is 11.5 Å². The van der Waals surface area contributed by atoms with Crippen molar-refractivity contribution in [3.05, 3.63) is 144 Å². The highest BCUT2D eigenvalue weighted by Gasteiger charge is 2.19. The van der Waals surface area contributed by atoms with Gasteiger partial charge >= 0.3 is 0 Å². The number of rotatable bonds is 7. The number of aromatic nitrogens is 1. The minimum atomic E-state index is -0.659. The van der Waals surface area contributed by atoms with Gasteiger partial charge in [0.1, 0.15) is 23.1 Å². The van der Waals surface area contributed by atoms with Crippen LogP contribution in [0.25, 0.3) is 17.3 Å². The van der Waals surface area contributed by atoms with Gasteiger partial charge in [0.2, 0.25) is 0 Å². The fourth-order valence-electron chi connectivity index (χ4n) is 4.36. The first-order chi connectivity index (χ1) is 20.3. The van der Waals surface area contributed by atoms with Crippen LogP contribution in [0.3, 0.4) is 0 Å². The van der Waals surface area contributed by atoms with Crippen LogP contribution in [-0.4, -0.2) is 10.5 Å². The van der Waals surface area contributed by atoms with Crippen LogP contribution in [0.1, 0.15) is 22.3 Å². The number of carbonyl (C=O) groups excluding carboxylic acids is 1. The summed E-state index contributed by atoms with van der Waals surface area (Å²) in [6, 6.07) is 31.8. The van der Waals surface area contributed by atoms with Crippen LogP contribution < -0.4 is 24.8 Å². The number of amides is 1. The van der Waals surface area contributed by atoms with E-state index in [-0.39, 0.29) is 15.8 Å². The highest BCUT2D eigenvalue weighted by molar-refractivity contribution is 7.07. The molecule has 0 fully saturated rings. The summed E-state index contributed by atoms with van der Waals surface area (Å²) in [7, 11) is 0. The fourth-order valence-corrected chi connectivity index (χ4v) is 5.64. The van der Waals surface area contributed by atoms with E-state index in [2.05, 4.69) is 5.32 Å². The highest BCUT2D eigenvalue weighted by Crippen LogP contribution is 2.21. The van der Waals surface area contributed by atoms with E-state index < -0.39 is 5.91 Å². The second-order valence-electron chi connectivity index (χ2n) is 9.61. The number of aryl methyl sites for hydroxylation is 2. The second kappa shape index (κ2) is 12.7. The van der Waals surface area contributed by atoms with Crippen molar-refractivity contribution in [3.63, 3.8) is 0 Å². The van der Waals surface area contributed by atoms with E-state index in [0.717, 1.165) is 33.6 Å². The molecule has 1 aromatic heterocycles. The Balaban J connectivity index is 1.64. The van der Waals surface area contributed by atoms with Crippen molar-refractivity contribution < 1.29 is 9.53 Å². The van der Waals surface area contributed by atoms with E-state index >= 15 is 0 Å². The van der Waals surface area contributed by atoms with Crippen LogP contribution in [0.5, 0.6) is 5.75 Å². The number of hydrogen-bond donors (Lipinski definition) is 1. The van der Waals surface area contributed by atoms with Gasteiger partial charge in [-0.2, -0.15) is 5.26 Å². The zero-order chi connectivity index (χ0) is 29.6. The minimum Gasteiger partial charge on any atom is -0.489 e. The Morgan fingerprint density at radius 2 is 1.76 bits per heavy atom. The first-order valence-electron chi connectivity index (χ1n) is 13.1. The number of nitriles is 1. The van der Waals surface area contributed by atoms with Gasteiger partial charge in [-0.1, -0.05) is 78.3 Å². The maximum atomic E-state index is 13.9. The molecular weight excluding hydrogens is 566 g/mol. The summed E-state index contributed by atoms with van der Waals surface area (Å²) in [6.45, 7) is 4.22. The average Bonchev–Trinajstić information content (AvgIpc) is 3.30. The topological polar surface area (TPSA) is 84.1 Å². The smallest absolute Gasteiger partial charge is 0.273 e. The van der Waals surface area contributed by atoms with Gasteiger partial charge in [-0.3, -0.25) is 14.2 Å². The molecule has 1 N–H and O–H groups in total. The molecule has 42 heavy (non-hydrogen) atoms. The van der Waals surface area contributed by atoms with Crippen molar-refractivity contribution >= 4 is 46.2 Å². The lowest BCUT2D eigenvalue weighted by Gasteiger charge is -2.09. The molecule has 4 aromatic carbocycles. The van der Waals surface area contributed by atoms with Crippen LogP contribution in [-0.2, 0) is 11.4 Å². The Kier molecular flexibility index (Phi) is 8.68. The Hall–Kier alpha value is -4.90. The standard InChI is InChI=1S/C34H26ClN3O3S/c1-22-15-16-23(2)30(17-22)38-33(40)31(19-25-11-8-12-26(18-25)41-21-24-9-4-3-5-10-24)42-34(38)27(20-36)32(39)37-29-14-7-6-13-28(29)35/h3-19H,21H2,1-2H3,(H,37,39). The van der Waals surface area contributed by atoms with Gasteiger partial charge in [-0.25, -0.2) is 0 Å². The Labute approximate surface area is 252 Å². The summed E-state index contributed by atoms with van der Waals surface area (Å²) in [5.41, 5.74) is 3.99. The molecule has 0 saturated carbocycles. The molecule has 0 radical (unpaired) electrons. The maximum absolute atomic E-state index is 13.9. The highest BCUT2D eigenvalue weighted by atomic mass is 35.5. The van der Waals surface area contributed by atoms with Gasteiger partial charge in [0, 0.05) is 0 Å². The van der Waals surface area contributed by atoms with E-state index in [1.165, 1.54) is 4.57 Å². The molecule has 1 heterocycles. The number of anilines is 1. The first kappa shape index (κ1) is 28.6. The number of nitrogens with zero attached hydrogens (tertiary/aromatic N) is 2. The van der Waals surface area contributed by atoms with Gasteiger partial charge in [-0.05, 0) is 72.5 Å². The number of para-hydroxylation sites is 1. The molecule has 0 saturated heterocycles. The van der Waals surface area contributed by atoms with Crippen molar-refractivity contribution in [2.45, 2.75) is 20.5 Å². The summed E-state index contributed by atoms with van der Waals surface area (Å²) in [5, 5.41) is 13.2. The summed E-state index contributed by atoms with van der Waals surface area (Å²) in [4.78, 5) is 27.3. The molecular formula is C34H26ClN3O3S. The van der Waals surface area contributed by atoms with Crippen LogP contribution >= 0.6 is 22.9 Å². The molecule has 0 aliphatic rings. The number of thiazole rings is 1. The zero-order valence-electron chi connectivity index (χ0n) is 22.9. The first-order valence-corrected chi connectivity index (χ1v) is 14.3. The van der Waals surface area contributed by atoms with E-state index in [1.807, 2.05) is 92.7 Å². The van der Waals surface area contributed by atoms with Crippen LogP contribution in [0.15, 0.2) is 102 Å². The maximum Gasteiger partial charge on any atom is 0.273 e. The average molecular weight is 592 g/mol. The molecule has 208 valence electrons. The monoisotopic (exact) mass is 591 g/mol. The van der Waals surface area contributed by atoms with Gasteiger partial charge in [0.15, 0.2) is 5.57 Å². The molecule has 0 aliphatic heterocycles. The predicted molar refractivity (Wildman–Crippen MR) is 169 cm³/mol. The summed E-state index contributed by atoms with van der Waals surface area (Å²) in [5.74, 6) is -0.00334. The number of carbonyl (C=O) groups is 1. The largest absolute Gasteiger partial charge is 0.489 e. The summed E-state index contributed by atoms with van der Waals surface area (Å²) < 4.78 is 8.00. The Morgan fingerprint density at radius 3 is 2.52 bits per heavy atom. The summed E-state index contributed by atoms with van der Waals surface area (Å²) >= 11 is 7.33. The third-order valence-electron chi connectivity index (χ3n) is 6.51. The van der Waals surface area contributed by atoms with Gasteiger partial charge < -0.3 is 10.1 Å². The van der Waals surface area contributed by atoms with E-state index in [1.54, 1.807) is 30.3 Å². The quantitative estimate of drug-likeness (QED) is 0.256. The molecule has 0 atom stereocenters. The van der Waals surface area contributed by atoms with Crippen molar-refractivity contribution in [1.29, 1.82) is 5.26 Å². The predicted octanol–water partition coefficient (Wildman–Crippen LogP) is 5.89. The number of benzene rings is 4. The molecule has 5 rings (SSSR count). The molecule has 0 spiro atoms. The van der Waals surface area contributed by atoms with E-state index in [0.29, 0.717) is 33.3 Å². The Morgan fingerprint density at radius 1 is 1.00 bits per heavy atom. The Bertz CT molecular complexity index is 2010.